The van der Waals surface area contributed by atoms with Crippen LogP contribution in [0, 0.1) is 12.7 Å². The quantitative estimate of drug-likeness (QED) is 0.219. The van der Waals surface area contributed by atoms with Crippen LogP contribution in [0.15, 0.2) is 53.0 Å². The molecule has 1 N–H and O–H groups in total. The predicted octanol–water partition coefficient (Wildman–Crippen LogP) is 6.14. The van der Waals surface area contributed by atoms with E-state index in [0.717, 1.165) is 0 Å². The van der Waals surface area contributed by atoms with Crippen LogP contribution in [0.2, 0.25) is 0 Å². The van der Waals surface area contributed by atoms with Crippen molar-refractivity contribution in [3.63, 3.8) is 0 Å². The zero-order valence-electron chi connectivity index (χ0n) is 19.5. The van der Waals surface area contributed by atoms with Crippen LogP contribution in [0.5, 0.6) is 0 Å². The molecule has 0 atom stereocenters. The summed E-state index contributed by atoms with van der Waals surface area (Å²) < 4.78 is 60.8. The molecule has 37 heavy (non-hydrogen) atoms. The van der Waals surface area contributed by atoms with Crippen LogP contribution >= 0.6 is 15.9 Å². The molecule has 0 saturated carbocycles. The average molecular weight is 579 g/mol. The first-order valence-electron chi connectivity index (χ1n) is 11.0. The molecule has 0 spiro atoms. The maximum atomic E-state index is 13.5. The van der Waals surface area contributed by atoms with Gasteiger partial charge in [-0.3, -0.25) is 9.48 Å². The molecule has 0 aliphatic carbocycles. The van der Waals surface area contributed by atoms with Crippen molar-refractivity contribution in [3.8, 4) is 0 Å². The number of esters is 1. The molecule has 0 bridgehead atoms. The van der Waals surface area contributed by atoms with Crippen LogP contribution in [-0.2, 0) is 17.5 Å². The van der Waals surface area contributed by atoms with E-state index < -0.39 is 29.6 Å². The van der Waals surface area contributed by atoms with E-state index in [4.69, 9.17) is 4.74 Å². The molecule has 2 aromatic heterocycles. The van der Waals surface area contributed by atoms with Gasteiger partial charge in [-0.15, -0.1) is 0 Å². The third kappa shape index (κ3) is 5.63. The van der Waals surface area contributed by atoms with Gasteiger partial charge in [0.25, 0.3) is 5.91 Å². The number of fused-ring (bicyclic) bond motifs is 1. The van der Waals surface area contributed by atoms with E-state index in [1.165, 1.54) is 54.1 Å². The third-order valence-corrected chi connectivity index (χ3v) is 5.88. The smallest absolute Gasteiger partial charge is 0.433 e. The molecular formula is C25H19BrF4N4O3. The van der Waals surface area contributed by atoms with Crippen molar-refractivity contribution < 1.29 is 31.9 Å². The van der Waals surface area contributed by atoms with Crippen molar-refractivity contribution in [2.75, 3.05) is 11.9 Å². The zero-order valence-corrected chi connectivity index (χ0v) is 21.1. The number of hydrogen-bond donors (Lipinski definition) is 1. The number of nitrogens with zero attached hydrogens (tertiary/aromatic N) is 3. The maximum absolute atomic E-state index is 13.5. The molecule has 1 amide bonds. The number of aromatic nitrogens is 3. The highest BCUT2D eigenvalue weighted by Crippen LogP contribution is 2.33. The van der Waals surface area contributed by atoms with Gasteiger partial charge < -0.3 is 10.1 Å². The van der Waals surface area contributed by atoms with Crippen molar-refractivity contribution in [3.05, 3.63) is 87.0 Å². The number of carbonyl (C=O) groups is 2. The second kappa shape index (κ2) is 10.3. The number of rotatable bonds is 6. The second-order valence-corrected chi connectivity index (χ2v) is 8.90. The lowest BCUT2D eigenvalue weighted by Crippen LogP contribution is -2.20. The summed E-state index contributed by atoms with van der Waals surface area (Å²) in [5, 5.41) is 7.04. The SMILES string of the molecule is CCOC(=O)c1c(NC(=O)c2cc(C(F)(F)F)nc3ccc(Br)cc23)c(C)nn1Cc1ccc(F)cc1. The molecule has 2 aromatic carbocycles. The van der Waals surface area contributed by atoms with E-state index in [1.807, 2.05) is 0 Å². The first-order chi connectivity index (χ1) is 17.5. The number of aryl methyl sites for hydroxylation is 1. The Labute approximate surface area is 216 Å². The minimum absolute atomic E-state index is 0.0147. The molecule has 0 saturated heterocycles. The number of pyridine rings is 1. The topological polar surface area (TPSA) is 86.1 Å². The highest BCUT2D eigenvalue weighted by Gasteiger charge is 2.34. The maximum Gasteiger partial charge on any atom is 0.433 e. The number of anilines is 1. The largest absolute Gasteiger partial charge is 0.461 e. The average Bonchev–Trinajstić information content (AvgIpc) is 3.13. The monoisotopic (exact) mass is 578 g/mol. The molecule has 4 rings (SSSR count). The van der Waals surface area contributed by atoms with E-state index >= 15 is 0 Å². The van der Waals surface area contributed by atoms with Gasteiger partial charge in [0.15, 0.2) is 5.69 Å². The lowest BCUT2D eigenvalue weighted by atomic mass is 10.1. The van der Waals surface area contributed by atoms with Crippen LogP contribution in [0.25, 0.3) is 10.9 Å². The number of halogens is 5. The number of carbonyl (C=O) groups excluding carboxylic acids is 2. The Morgan fingerprint density at radius 2 is 1.81 bits per heavy atom. The molecule has 12 heteroatoms. The number of amides is 1. The van der Waals surface area contributed by atoms with E-state index in [9.17, 15) is 27.2 Å². The Kier molecular flexibility index (Phi) is 7.30. The molecule has 0 unspecified atom stereocenters. The fraction of sp³-hybridized carbons (Fsp3) is 0.200. The van der Waals surface area contributed by atoms with E-state index in [-0.39, 0.29) is 46.7 Å². The van der Waals surface area contributed by atoms with Crippen LogP contribution in [0.4, 0.5) is 23.2 Å². The molecule has 7 nitrogen and oxygen atoms in total. The third-order valence-electron chi connectivity index (χ3n) is 5.39. The summed E-state index contributed by atoms with van der Waals surface area (Å²) in [7, 11) is 0. The number of benzene rings is 2. The summed E-state index contributed by atoms with van der Waals surface area (Å²) in [6.45, 7) is 3.21. The predicted molar refractivity (Wildman–Crippen MR) is 131 cm³/mol. The fourth-order valence-corrected chi connectivity index (χ4v) is 4.09. The molecule has 0 fully saturated rings. The van der Waals surface area contributed by atoms with Crippen molar-refractivity contribution in [2.24, 2.45) is 0 Å². The van der Waals surface area contributed by atoms with Gasteiger partial charge in [0.2, 0.25) is 0 Å². The summed E-state index contributed by atoms with van der Waals surface area (Å²) in [4.78, 5) is 29.8. The van der Waals surface area contributed by atoms with Crippen molar-refractivity contribution >= 4 is 44.4 Å². The molecule has 2 heterocycles. The van der Waals surface area contributed by atoms with Crippen LogP contribution in [-0.4, -0.2) is 33.2 Å². The van der Waals surface area contributed by atoms with E-state index in [0.29, 0.717) is 16.1 Å². The van der Waals surface area contributed by atoms with Crippen LogP contribution < -0.4 is 5.32 Å². The van der Waals surface area contributed by atoms with Crippen LogP contribution in [0.1, 0.15) is 44.7 Å². The van der Waals surface area contributed by atoms with Gasteiger partial charge >= 0.3 is 12.1 Å². The fourth-order valence-electron chi connectivity index (χ4n) is 3.73. The van der Waals surface area contributed by atoms with Crippen LogP contribution in [0.3, 0.4) is 0 Å². The molecule has 192 valence electrons. The summed E-state index contributed by atoms with van der Waals surface area (Å²) in [6, 6.07) is 10.5. The molecule has 0 aliphatic heterocycles. The van der Waals surface area contributed by atoms with Gasteiger partial charge in [-0.05, 0) is 55.8 Å². The summed E-state index contributed by atoms with van der Waals surface area (Å²) in [6.07, 6.45) is -4.79. The van der Waals surface area contributed by atoms with Gasteiger partial charge in [-0.1, -0.05) is 28.1 Å². The lowest BCUT2D eigenvalue weighted by molar-refractivity contribution is -0.141. The number of ether oxygens (including phenoxy) is 1. The Balaban J connectivity index is 1.80. The Morgan fingerprint density at radius 3 is 2.46 bits per heavy atom. The Bertz CT molecular complexity index is 1500. The first-order valence-corrected chi connectivity index (χ1v) is 11.7. The Hall–Kier alpha value is -3.80. The van der Waals surface area contributed by atoms with Gasteiger partial charge in [-0.25, -0.2) is 14.2 Å². The van der Waals surface area contributed by atoms with Crippen molar-refractivity contribution in [2.45, 2.75) is 26.6 Å². The molecular weight excluding hydrogens is 560 g/mol. The first kappa shape index (κ1) is 26.3. The Morgan fingerprint density at radius 1 is 1.11 bits per heavy atom. The van der Waals surface area contributed by atoms with Gasteiger partial charge in [0.05, 0.1) is 35.6 Å². The highest BCUT2D eigenvalue weighted by atomic mass is 79.9. The minimum Gasteiger partial charge on any atom is -0.461 e. The second-order valence-electron chi connectivity index (χ2n) is 7.98. The van der Waals surface area contributed by atoms with Gasteiger partial charge in [0, 0.05) is 9.86 Å². The van der Waals surface area contributed by atoms with Crippen molar-refractivity contribution in [1.82, 2.24) is 14.8 Å². The lowest BCUT2D eigenvalue weighted by Gasteiger charge is -2.13. The minimum atomic E-state index is -4.79. The van der Waals surface area contributed by atoms with E-state index in [2.05, 4.69) is 31.3 Å². The highest BCUT2D eigenvalue weighted by molar-refractivity contribution is 9.10. The standard InChI is InChI=1S/C25H19BrF4N4O3/c1-3-37-24(36)22-21(13(2)33-34(22)12-14-4-7-16(27)8-5-14)32-23(35)18-11-20(25(28,29)30)31-19-9-6-15(26)10-17(18)19/h4-11H,3,12H2,1-2H3,(H,32,35). The summed E-state index contributed by atoms with van der Waals surface area (Å²) in [5.74, 6) is -2.13. The van der Waals surface area contributed by atoms with Gasteiger partial charge in [-0.2, -0.15) is 18.3 Å². The summed E-state index contributed by atoms with van der Waals surface area (Å²) in [5.41, 5.74) is -0.827. The molecule has 0 aliphatic rings. The number of hydrogen-bond acceptors (Lipinski definition) is 5. The molecule has 0 radical (unpaired) electrons. The van der Waals surface area contributed by atoms with E-state index in [1.54, 1.807) is 6.92 Å². The van der Waals surface area contributed by atoms with Crippen molar-refractivity contribution in [1.29, 1.82) is 0 Å². The zero-order chi connectivity index (χ0) is 26.9. The molecule has 4 aromatic rings. The summed E-state index contributed by atoms with van der Waals surface area (Å²) >= 11 is 3.26. The number of nitrogens with one attached hydrogen (secondary N) is 1. The normalized spacial score (nSPS) is 11.5. The van der Waals surface area contributed by atoms with Gasteiger partial charge in [0.1, 0.15) is 11.5 Å². The number of alkyl halides is 3.